The van der Waals surface area contributed by atoms with Crippen LogP contribution < -0.4 is 4.74 Å². The largest absolute Gasteiger partial charge is 0.497 e. The van der Waals surface area contributed by atoms with E-state index in [0.717, 1.165) is 64.8 Å². The molecule has 3 aliphatic rings. The van der Waals surface area contributed by atoms with Crippen LogP contribution in [0.4, 0.5) is 0 Å². The van der Waals surface area contributed by atoms with Crippen LogP contribution in [-0.4, -0.2) is 119 Å². The molecule has 3 fully saturated rings. The Hall–Kier alpha value is -2.50. The first-order valence-corrected chi connectivity index (χ1v) is 19.4. The average Bonchev–Trinajstić information content (AvgIpc) is 3.08. The molecule has 1 atom stereocenters. The van der Waals surface area contributed by atoms with Gasteiger partial charge in [-0.3, -0.25) is 9.69 Å². The summed E-state index contributed by atoms with van der Waals surface area (Å²) in [6.45, 7) is 10.2. The Morgan fingerprint density at radius 1 is 0.958 bits per heavy atom. The Labute approximate surface area is 289 Å². The first-order chi connectivity index (χ1) is 23.0. The van der Waals surface area contributed by atoms with Gasteiger partial charge in [0.25, 0.3) is 0 Å². The summed E-state index contributed by atoms with van der Waals surface area (Å²) in [6, 6.07) is 14.4. The predicted molar refractivity (Wildman–Crippen MR) is 191 cm³/mol. The van der Waals surface area contributed by atoms with E-state index < -0.39 is 10.0 Å². The van der Waals surface area contributed by atoms with Gasteiger partial charge in [-0.1, -0.05) is 30.3 Å². The van der Waals surface area contributed by atoms with Crippen LogP contribution in [0.1, 0.15) is 61.6 Å². The van der Waals surface area contributed by atoms with Gasteiger partial charge in [0.05, 0.1) is 18.6 Å². The number of nitrogens with zero attached hydrogens (tertiary/aromatic N) is 4. The second-order valence-corrected chi connectivity index (χ2v) is 16.6. The molecule has 0 N–H and O–H groups in total. The number of rotatable bonds is 13. The summed E-state index contributed by atoms with van der Waals surface area (Å²) in [5.74, 6) is 1.21. The highest BCUT2D eigenvalue weighted by Gasteiger charge is 2.41. The molecule has 0 bridgehead atoms. The minimum Gasteiger partial charge on any atom is -0.497 e. The fourth-order valence-electron chi connectivity index (χ4n) is 8.28. The standard InChI is InChI=1S/C38H58N4O5S/c1-30-24-35(46-5)25-31(2)37(30)48(44,45)42-19-9-12-34(27-42)28-47-29-36(43)40(4)26-33-14-17-38(18-15-33,41-22-20-39(3)21-23-41)16-13-32-10-7-6-8-11-32/h6-8,10-11,24-25,33-34H,9,12-23,26-29H2,1-5H3. The molecule has 2 aromatic rings. The molecular weight excluding hydrogens is 625 g/mol. The molecular formula is C38H58N4O5S. The van der Waals surface area contributed by atoms with Crippen molar-refractivity contribution >= 4 is 15.9 Å². The van der Waals surface area contributed by atoms with Gasteiger partial charge in [0.1, 0.15) is 12.4 Å². The Kier molecular flexibility index (Phi) is 12.6. The first kappa shape index (κ1) is 36.8. The summed E-state index contributed by atoms with van der Waals surface area (Å²) in [7, 11) is 2.06. The monoisotopic (exact) mass is 682 g/mol. The molecule has 0 spiro atoms. The number of benzene rings is 2. The quantitative estimate of drug-likeness (QED) is 0.294. The molecule has 1 saturated carbocycles. The molecule has 0 radical (unpaired) electrons. The molecule has 5 rings (SSSR count). The predicted octanol–water partition coefficient (Wildman–Crippen LogP) is 5.00. The molecule has 0 aromatic heterocycles. The van der Waals surface area contributed by atoms with Crippen molar-refractivity contribution in [2.75, 3.05) is 80.2 Å². The molecule has 2 heterocycles. The molecule has 9 nitrogen and oxygen atoms in total. The Balaban J connectivity index is 1.09. The van der Waals surface area contributed by atoms with Crippen molar-refractivity contribution < 1.29 is 22.7 Å². The normalized spacial score (nSPS) is 24.8. The lowest BCUT2D eigenvalue weighted by Gasteiger charge is -2.51. The Morgan fingerprint density at radius 3 is 2.27 bits per heavy atom. The number of piperazine rings is 1. The zero-order chi connectivity index (χ0) is 34.3. The average molecular weight is 683 g/mol. The molecule has 1 unspecified atom stereocenters. The van der Waals surface area contributed by atoms with E-state index >= 15 is 0 Å². The van der Waals surface area contributed by atoms with E-state index in [1.165, 1.54) is 24.8 Å². The highest BCUT2D eigenvalue weighted by atomic mass is 32.2. The minimum atomic E-state index is -3.65. The number of sulfonamides is 1. The summed E-state index contributed by atoms with van der Waals surface area (Å²) in [6.07, 6.45) is 8.61. The maximum absolute atomic E-state index is 13.7. The zero-order valence-corrected chi connectivity index (χ0v) is 30.8. The highest BCUT2D eigenvalue weighted by molar-refractivity contribution is 7.89. The molecule has 266 valence electrons. The second kappa shape index (κ2) is 16.5. The van der Waals surface area contributed by atoms with E-state index in [1.807, 2.05) is 25.8 Å². The summed E-state index contributed by atoms with van der Waals surface area (Å²) in [5, 5.41) is 0. The van der Waals surface area contributed by atoms with Crippen molar-refractivity contribution in [1.29, 1.82) is 0 Å². The van der Waals surface area contributed by atoms with Gasteiger partial charge in [-0.15, -0.1) is 0 Å². The number of likely N-dealkylation sites (N-methyl/N-ethyl adjacent to an activating group) is 2. The number of ether oxygens (including phenoxy) is 2. The minimum absolute atomic E-state index is 0.000230. The van der Waals surface area contributed by atoms with Gasteiger partial charge in [-0.25, -0.2) is 8.42 Å². The van der Waals surface area contributed by atoms with Gasteiger partial charge < -0.3 is 19.3 Å². The Bertz CT molecular complexity index is 1430. The number of piperidine rings is 1. The highest BCUT2D eigenvalue weighted by Crippen LogP contribution is 2.41. The van der Waals surface area contributed by atoms with Crippen LogP contribution in [0.5, 0.6) is 5.75 Å². The number of hydrogen-bond acceptors (Lipinski definition) is 7. The van der Waals surface area contributed by atoms with Crippen LogP contribution in [0.3, 0.4) is 0 Å². The molecule has 2 saturated heterocycles. The fourth-order valence-corrected chi connectivity index (χ4v) is 10.2. The van der Waals surface area contributed by atoms with Crippen LogP contribution in [0.25, 0.3) is 0 Å². The second-order valence-electron chi connectivity index (χ2n) is 14.7. The fraction of sp³-hybridized carbons (Fsp3) is 0.658. The third-order valence-corrected chi connectivity index (χ3v) is 13.4. The van der Waals surface area contributed by atoms with E-state index in [2.05, 4.69) is 47.2 Å². The third-order valence-electron chi connectivity index (χ3n) is 11.2. The summed E-state index contributed by atoms with van der Waals surface area (Å²) >= 11 is 0. The smallest absolute Gasteiger partial charge is 0.248 e. The lowest BCUT2D eigenvalue weighted by Crippen LogP contribution is -2.58. The van der Waals surface area contributed by atoms with Gasteiger partial charge in [0.15, 0.2) is 0 Å². The zero-order valence-electron chi connectivity index (χ0n) is 30.0. The maximum Gasteiger partial charge on any atom is 0.248 e. The van der Waals surface area contributed by atoms with E-state index in [9.17, 15) is 13.2 Å². The van der Waals surface area contributed by atoms with Crippen molar-refractivity contribution in [3.05, 3.63) is 59.2 Å². The molecule has 48 heavy (non-hydrogen) atoms. The summed E-state index contributed by atoms with van der Waals surface area (Å²) in [4.78, 5) is 20.6. The van der Waals surface area contributed by atoms with Gasteiger partial charge in [0, 0.05) is 58.4 Å². The number of methoxy groups -OCH3 is 1. The van der Waals surface area contributed by atoms with Crippen molar-refractivity contribution in [2.45, 2.75) is 75.6 Å². The van der Waals surface area contributed by atoms with Crippen molar-refractivity contribution in [2.24, 2.45) is 11.8 Å². The van der Waals surface area contributed by atoms with Crippen LogP contribution in [0.2, 0.25) is 0 Å². The van der Waals surface area contributed by atoms with Crippen molar-refractivity contribution in [3.8, 4) is 5.75 Å². The number of amides is 1. The SMILES string of the molecule is COc1cc(C)c(S(=O)(=O)N2CCCC(COCC(=O)N(C)CC3CCC(CCc4ccccc4)(N4CCN(C)CC4)CC3)C2)c(C)c1. The van der Waals surface area contributed by atoms with E-state index in [0.29, 0.717) is 47.4 Å². The summed E-state index contributed by atoms with van der Waals surface area (Å²) in [5.41, 5.74) is 3.04. The van der Waals surface area contributed by atoms with Crippen LogP contribution >= 0.6 is 0 Å². The van der Waals surface area contributed by atoms with E-state index in [1.54, 1.807) is 23.5 Å². The first-order valence-electron chi connectivity index (χ1n) is 18.0. The van der Waals surface area contributed by atoms with Crippen molar-refractivity contribution in [1.82, 2.24) is 19.0 Å². The van der Waals surface area contributed by atoms with Crippen LogP contribution in [0.15, 0.2) is 47.4 Å². The number of aryl methyl sites for hydroxylation is 3. The molecule has 1 amide bonds. The van der Waals surface area contributed by atoms with E-state index in [4.69, 9.17) is 9.47 Å². The topological polar surface area (TPSA) is 82.6 Å². The van der Waals surface area contributed by atoms with E-state index in [-0.39, 0.29) is 24.0 Å². The van der Waals surface area contributed by atoms with Crippen LogP contribution in [-0.2, 0) is 26.0 Å². The molecule has 2 aliphatic heterocycles. The lowest BCUT2D eigenvalue weighted by molar-refractivity contribution is -0.136. The lowest BCUT2D eigenvalue weighted by atomic mass is 9.72. The van der Waals surface area contributed by atoms with Gasteiger partial charge >= 0.3 is 0 Å². The maximum atomic E-state index is 13.7. The Morgan fingerprint density at radius 2 is 1.62 bits per heavy atom. The van der Waals surface area contributed by atoms with Gasteiger partial charge in [-0.2, -0.15) is 4.31 Å². The van der Waals surface area contributed by atoms with Crippen LogP contribution in [0, 0.1) is 25.7 Å². The summed E-state index contributed by atoms with van der Waals surface area (Å²) < 4.78 is 40.2. The van der Waals surface area contributed by atoms with Gasteiger partial charge in [0.2, 0.25) is 15.9 Å². The number of carbonyl (C=O) groups is 1. The molecule has 1 aliphatic carbocycles. The molecule has 2 aromatic carbocycles. The molecule has 10 heteroatoms. The number of hydrogen-bond donors (Lipinski definition) is 0. The third kappa shape index (κ3) is 8.99. The van der Waals surface area contributed by atoms with Crippen molar-refractivity contribution in [3.63, 3.8) is 0 Å². The number of carbonyl (C=O) groups excluding carboxylic acids is 1. The van der Waals surface area contributed by atoms with Gasteiger partial charge in [-0.05, 0) is 113 Å².